The number of carbonyl (C=O) groups is 1. The molecule has 0 saturated carbocycles. The fourth-order valence-electron chi connectivity index (χ4n) is 2.15. The molecule has 0 aliphatic heterocycles. The Labute approximate surface area is 102 Å². The summed E-state index contributed by atoms with van der Waals surface area (Å²) in [6.45, 7) is 3.82. The number of aryl methyl sites for hydroxylation is 1. The fraction of sp³-hybridized carbons (Fsp3) is 0.312. The van der Waals surface area contributed by atoms with E-state index in [4.69, 9.17) is 0 Å². The molecule has 0 saturated heterocycles. The average molecular weight is 226 g/mol. The third kappa shape index (κ3) is 2.55. The molecule has 0 aliphatic rings. The van der Waals surface area contributed by atoms with Crippen LogP contribution in [0.1, 0.15) is 42.6 Å². The van der Waals surface area contributed by atoms with Crippen molar-refractivity contribution in [3.63, 3.8) is 0 Å². The van der Waals surface area contributed by atoms with Crippen molar-refractivity contribution >= 4 is 16.6 Å². The molecule has 0 atom stereocenters. The van der Waals surface area contributed by atoms with E-state index in [1.165, 1.54) is 29.2 Å². The Balaban J connectivity index is 2.47. The van der Waals surface area contributed by atoms with Gasteiger partial charge in [0.15, 0.2) is 5.78 Å². The number of carbonyl (C=O) groups excluding carboxylic acids is 1. The van der Waals surface area contributed by atoms with E-state index in [1.54, 1.807) is 6.92 Å². The van der Waals surface area contributed by atoms with Crippen molar-refractivity contribution in [2.24, 2.45) is 0 Å². The second-order valence-electron chi connectivity index (χ2n) is 4.51. The van der Waals surface area contributed by atoms with E-state index in [0.717, 1.165) is 12.0 Å². The lowest BCUT2D eigenvalue weighted by atomic mass is 9.98. The van der Waals surface area contributed by atoms with Crippen molar-refractivity contribution in [1.82, 2.24) is 0 Å². The number of fused-ring (bicyclic) bond motifs is 1. The molecule has 1 heteroatoms. The third-order valence-electron chi connectivity index (χ3n) is 3.18. The van der Waals surface area contributed by atoms with E-state index < -0.39 is 0 Å². The largest absolute Gasteiger partial charge is 0.295 e. The smallest absolute Gasteiger partial charge is 0.159 e. The van der Waals surface area contributed by atoms with Gasteiger partial charge in [-0.1, -0.05) is 43.7 Å². The number of rotatable bonds is 4. The van der Waals surface area contributed by atoms with Crippen LogP contribution in [0.15, 0.2) is 36.4 Å². The van der Waals surface area contributed by atoms with E-state index in [9.17, 15) is 4.79 Å². The first kappa shape index (κ1) is 11.8. The summed E-state index contributed by atoms with van der Waals surface area (Å²) in [5.41, 5.74) is 2.18. The molecular formula is C16H18O. The summed E-state index contributed by atoms with van der Waals surface area (Å²) in [5.74, 6) is 0.130. The predicted octanol–water partition coefficient (Wildman–Crippen LogP) is 4.39. The summed E-state index contributed by atoms with van der Waals surface area (Å²) in [6.07, 6.45) is 3.54. The monoisotopic (exact) mass is 226 g/mol. The van der Waals surface area contributed by atoms with E-state index >= 15 is 0 Å². The Bertz CT molecular complexity index is 540. The quantitative estimate of drug-likeness (QED) is 0.707. The van der Waals surface area contributed by atoms with Crippen LogP contribution in [0.4, 0.5) is 0 Å². The number of Topliss-reactive ketones (excluding diaryl/α,β-unsaturated/α-hetero) is 1. The van der Waals surface area contributed by atoms with E-state index in [-0.39, 0.29) is 5.78 Å². The lowest BCUT2D eigenvalue weighted by molar-refractivity contribution is 0.101. The zero-order valence-corrected chi connectivity index (χ0v) is 10.5. The van der Waals surface area contributed by atoms with Gasteiger partial charge in [-0.2, -0.15) is 0 Å². The summed E-state index contributed by atoms with van der Waals surface area (Å²) in [6, 6.07) is 12.4. The summed E-state index contributed by atoms with van der Waals surface area (Å²) >= 11 is 0. The first-order valence-electron chi connectivity index (χ1n) is 6.25. The maximum atomic E-state index is 11.3. The highest BCUT2D eigenvalue weighted by Crippen LogP contribution is 2.22. The fourth-order valence-corrected chi connectivity index (χ4v) is 2.15. The zero-order chi connectivity index (χ0) is 12.3. The molecule has 0 heterocycles. The summed E-state index contributed by atoms with van der Waals surface area (Å²) in [4.78, 5) is 11.3. The number of hydrogen-bond acceptors (Lipinski definition) is 1. The molecule has 2 rings (SSSR count). The predicted molar refractivity (Wildman–Crippen MR) is 72.6 cm³/mol. The lowest BCUT2D eigenvalue weighted by Crippen LogP contribution is -1.93. The summed E-state index contributed by atoms with van der Waals surface area (Å²) in [5, 5.41) is 2.46. The van der Waals surface area contributed by atoms with Gasteiger partial charge < -0.3 is 0 Å². The number of unbranched alkanes of at least 4 members (excludes halogenated alkanes) is 1. The van der Waals surface area contributed by atoms with Crippen molar-refractivity contribution in [3.05, 3.63) is 47.5 Å². The Hall–Kier alpha value is -1.63. The minimum absolute atomic E-state index is 0.130. The molecule has 2 aromatic carbocycles. The minimum Gasteiger partial charge on any atom is -0.295 e. The molecule has 0 unspecified atom stereocenters. The van der Waals surface area contributed by atoms with Crippen molar-refractivity contribution in [3.8, 4) is 0 Å². The second kappa shape index (κ2) is 5.13. The highest BCUT2D eigenvalue weighted by atomic mass is 16.1. The molecule has 0 aliphatic carbocycles. The van der Waals surface area contributed by atoms with Crippen LogP contribution in [0, 0.1) is 0 Å². The molecular weight excluding hydrogens is 208 g/mol. The molecule has 0 radical (unpaired) electrons. The molecule has 0 spiro atoms. The number of ketones is 1. The average Bonchev–Trinajstić information content (AvgIpc) is 2.35. The van der Waals surface area contributed by atoms with Gasteiger partial charge in [0, 0.05) is 5.56 Å². The first-order chi connectivity index (χ1) is 8.22. The SMILES string of the molecule is CCCCc1cccc2cc(C(C)=O)ccc12. The Morgan fingerprint density at radius 2 is 2.00 bits per heavy atom. The van der Waals surface area contributed by atoms with Crippen LogP contribution in [0.25, 0.3) is 10.8 Å². The normalized spacial score (nSPS) is 10.7. The summed E-state index contributed by atoms with van der Waals surface area (Å²) < 4.78 is 0. The third-order valence-corrected chi connectivity index (χ3v) is 3.18. The van der Waals surface area contributed by atoms with Crippen molar-refractivity contribution in [2.75, 3.05) is 0 Å². The zero-order valence-electron chi connectivity index (χ0n) is 10.5. The highest BCUT2D eigenvalue weighted by Gasteiger charge is 2.04. The van der Waals surface area contributed by atoms with Crippen LogP contribution in [-0.2, 0) is 6.42 Å². The molecule has 1 nitrogen and oxygen atoms in total. The Kier molecular flexibility index (Phi) is 3.58. The van der Waals surface area contributed by atoms with Crippen LogP contribution in [0.2, 0.25) is 0 Å². The van der Waals surface area contributed by atoms with Crippen molar-refractivity contribution in [1.29, 1.82) is 0 Å². The van der Waals surface area contributed by atoms with Gasteiger partial charge in [-0.25, -0.2) is 0 Å². The standard InChI is InChI=1S/C16H18O/c1-3-4-6-13-7-5-8-15-11-14(12(2)17)9-10-16(13)15/h5,7-11H,3-4,6H2,1-2H3. The number of benzene rings is 2. The molecule has 0 aromatic heterocycles. The molecule has 2 aromatic rings. The molecule has 0 fully saturated rings. The van der Waals surface area contributed by atoms with Gasteiger partial charge in [0.25, 0.3) is 0 Å². The van der Waals surface area contributed by atoms with Gasteiger partial charge in [0.05, 0.1) is 0 Å². The van der Waals surface area contributed by atoms with Crippen LogP contribution in [0.3, 0.4) is 0 Å². The summed E-state index contributed by atoms with van der Waals surface area (Å²) in [7, 11) is 0. The minimum atomic E-state index is 0.130. The van der Waals surface area contributed by atoms with Gasteiger partial charge in [-0.05, 0) is 42.2 Å². The lowest BCUT2D eigenvalue weighted by Gasteiger charge is -2.07. The molecule has 0 bridgehead atoms. The Morgan fingerprint density at radius 1 is 1.18 bits per heavy atom. The van der Waals surface area contributed by atoms with Gasteiger partial charge in [-0.15, -0.1) is 0 Å². The maximum absolute atomic E-state index is 11.3. The van der Waals surface area contributed by atoms with E-state index in [1.807, 2.05) is 12.1 Å². The topological polar surface area (TPSA) is 17.1 Å². The van der Waals surface area contributed by atoms with Gasteiger partial charge >= 0.3 is 0 Å². The molecule has 17 heavy (non-hydrogen) atoms. The van der Waals surface area contributed by atoms with Crippen molar-refractivity contribution in [2.45, 2.75) is 33.1 Å². The van der Waals surface area contributed by atoms with Crippen molar-refractivity contribution < 1.29 is 4.79 Å². The first-order valence-corrected chi connectivity index (χ1v) is 6.25. The van der Waals surface area contributed by atoms with E-state index in [2.05, 4.69) is 31.2 Å². The van der Waals surface area contributed by atoms with Crippen LogP contribution in [-0.4, -0.2) is 5.78 Å². The van der Waals surface area contributed by atoms with Gasteiger partial charge in [-0.3, -0.25) is 4.79 Å². The molecule has 88 valence electrons. The Morgan fingerprint density at radius 3 is 2.71 bits per heavy atom. The van der Waals surface area contributed by atoms with Gasteiger partial charge in [0.1, 0.15) is 0 Å². The second-order valence-corrected chi connectivity index (χ2v) is 4.51. The van der Waals surface area contributed by atoms with E-state index in [0.29, 0.717) is 0 Å². The maximum Gasteiger partial charge on any atom is 0.159 e. The molecule has 0 N–H and O–H groups in total. The molecule has 0 amide bonds. The van der Waals surface area contributed by atoms with Crippen LogP contribution < -0.4 is 0 Å². The van der Waals surface area contributed by atoms with Crippen LogP contribution in [0.5, 0.6) is 0 Å². The highest BCUT2D eigenvalue weighted by molar-refractivity contribution is 5.99. The van der Waals surface area contributed by atoms with Gasteiger partial charge in [0.2, 0.25) is 0 Å². The number of hydrogen-bond donors (Lipinski definition) is 0. The van der Waals surface area contributed by atoms with Crippen LogP contribution >= 0.6 is 0 Å².